The first-order chi connectivity index (χ1) is 14.8. The molecule has 0 unspecified atom stereocenters. The summed E-state index contributed by atoms with van der Waals surface area (Å²) in [6, 6.07) is 14.0. The molecular formula is C22H24F6N2O2. The van der Waals surface area contributed by atoms with Gasteiger partial charge in [-0.2, -0.15) is 26.3 Å². The Labute approximate surface area is 182 Å². The standard InChI is InChI=1S/C20H23F3N2O.C2HF3O/c1-14(2)18(19(26)24-13-12-15-6-4-3-5-7-15)25-17-10-8-16(9-11-17)20(21,22)23;3-2(4,5)1-6/h3-11,14,18,25H,12-13H2,1-2H3,(H,24,26);1H/t18-;/m1./s1. The van der Waals surface area contributed by atoms with Crippen LogP contribution in [0, 0.1) is 5.92 Å². The van der Waals surface area contributed by atoms with Crippen molar-refractivity contribution in [2.75, 3.05) is 11.9 Å². The summed E-state index contributed by atoms with van der Waals surface area (Å²) < 4.78 is 69.2. The van der Waals surface area contributed by atoms with Crippen LogP contribution in [0.4, 0.5) is 32.0 Å². The van der Waals surface area contributed by atoms with E-state index in [-0.39, 0.29) is 11.8 Å². The summed E-state index contributed by atoms with van der Waals surface area (Å²) in [7, 11) is 0. The number of carbonyl (C=O) groups excluding carboxylic acids is 2. The number of aldehydes is 1. The fraction of sp³-hybridized carbons (Fsp3) is 0.364. The third-order valence-corrected chi connectivity index (χ3v) is 4.17. The van der Waals surface area contributed by atoms with Crippen LogP contribution >= 0.6 is 0 Å². The van der Waals surface area contributed by atoms with Crippen molar-refractivity contribution >= 4 is 17.9 Å². The summed E-state index contributed by atoms with van der Waals surface area (Å²) >= 11 is 0. The van der Waals surface area contributed by atoms with Crippen LogP contribution in [-0.4, -0.2) is 31.0 Å². The summed E-state index contributed by atoms with van der Waals surface area (Å²) in [5.74, 6) is -0.190. The SMILES string of the molecule is CC(C)[C@@H](Nc1ccc(C(F)(F)F)cc1)C(=O)NCCc1ccccc1.O=CC(F)(F)F. The highest BCUT2D eigenvalue weighted by Gasteiger charge is 2.30. The molecule has 0 saturated carbocycles. The Morgan fingerprint density at radius 2 is 1.47 bits per heavy atom. The Kier molecular flexibility index (Phi) is 10.2. The lowest BCUT2D eigenvalue weighted by atomic mass is 10.0. The predicted octanol–water partition coefficient (Wildman–Crippen LogP) is 5.25. The number of hydrogen-bond acceptors (Lipinski definition) is 3. The van der Waals surface area contributed by atoms with Crippen molar-refractivity contribution in [2.24, 2.45) is 5.92 Å². The van der Waals surface area contributed by atoms with Gasteiger partial charge in [-0.3, -0.25) is 9.59 Å². The monoisotopic (exact) mass is 462 g/mol. The molecule has 2 aromatic rings. The van der Waals surface area contributed by atoms with Gasteiger partial charge in [0.05, 0.1) is 5.56 Å². The molecule has 0 spiro atoms. The van der Waals surface area contributed by atoms with E-state index in [9.17, 15) is 31.1 Å². The van der Waals surface area contributed by atoms with Crippen molar-refractivity contribution in [2.45, 2.75) is 38.7 Å². The number of alkyl halides is 6. The zero-order valence-electron chi connectivity index (χ0n) is 17.4. The van der Waals surface area contributed by atoms with Crippen molar-refractivity contribution < 1.29 is 35.9 Å². The summed E-state index contributed by atoms with van der Waals surface area (Å²) in [5.41, 5.74) is 0.899. The number of halogens is 6. The third kappa shape index (κ3) is 10.3. The molecule has 4 nitrogen and oxygen atoms in total. The van der Waals surface area contributed by atoms with Crippen molar-refractivity contribution in [3.63, 3.8) is 0 Å². The van der Waals surface area contributed by atoms with Crippen LogP contribution in [0.15, 0.2) is 54.6 Å². The van der Waals surface area contributed by atoms with Crippen LogP contribution in [0.1, 0.15) is 25.0 Å². The Hall–Kier alpha value is -3.04. The molecule has 2 aromatic carbocycles. The average molecular weight is 462 g/mol. The first-order valence-corrected chi connectivity index (χ1v) is 9.62. The van der Waals surface area contributed by atoms with E-state index in [1.54, 1.807) is 0 Å². The molecule has 0 bridgehead atoms. The molecule has 0 fully saturated rings. The maximum atomic E-state index is 12.6. The molecule has 0 aliphatic rings. The van der Waals surface area contributed by atoms with Crippen LogP contribution in [0.2, 0.25) is 0 Å². The lowest BCUT2D eigenvalue weighted by molar-refractivity contribution is -0.156. The number of hydrogen-bond donors (Lipinski definition) is 2. The number of benzene rings is 2. The Morgan fingerprint density at radius 3 is 1.91 bits per heavy atom. The van der Waals surface area contributed by atoms with Crippen LogP contribution < -0.4 is 10.6 Å². The van der Waals surface area contributed by atoms with Gasteiger partial charge in [0.15, 0.2) is 0 Å². The molecule has 0 heterocycles. The van der Waals surface area contributed by atoms with Gasteiger partial charge in [0.2, 0.25) is 12.2 Å². The second-order valence-electron chi connectivity index (χ2n) is 7.13. The van der Waals surface area contributed by atoms with E-state index in [0.717, 1.165) is 24.1 Å². The quantitative estimate of drug-likeness (QED) is 0.437. The van der Waals surface area contributed by atoms with Gasteiger partial charge in [0.25, 0.3) is 0 Å². The smallest absolute Gasteiger partial charge is 0.373 e. The highest BCUT2D eigenvalue weighted by atomic mass is 19.4. The van der Waals surface area contributed by atoms with Gasteiger partial charge < -0.3 is 10.6 Å². The maximum absolute atomic E-state index is 12.6. The molecular weight excluding hydrogens is 438 g/mol. The fourth-order valence-corrected chi connectivity index (χ4v) is 2.55. The van der Waals surface area contributed by atoms with Gasteiger partial charge in [-0.25, -0.2) is 0 Å². The molecule has 2 rings (SSSR count). The highest BCUT2D eigenvalue weighted by Crippen LogP contribution is 2.30. The summed E-state index contributed by atoms with van der Waals surface area (Å²) in [6.07, 6.45) is -9.35. The molecule has 0 saturated heterocycles. The van der Waals surface area contributed by atoms with Gasteiger partial charge in [-0.05, 0) is 42.2 Å². The predicted molar refractivity (Wildman–Crippen MR) is 109 cm³/mol. The molecule has 0 aliphatic heterocycles. The third-order valence-electron chi connectivity index (χ3n) is 4.17. The van der Waals surface area contributed by atoms with Gasteiger partial charge in [0.1, 0.15) is 6.04 Å². The van der Waals surface area contributed by atoms with E-state index in [1.807, 2.05) is 44.2 Å². The number of nitrogens with one attached hydrogen (secondary N) is 2. The molecule has 0 aliphatic carbocycles. The fourth-order valence-electron chi connectivity index (χ4n) is 2.55. The minimum Gasteiger partial charge on any atom is -0.373 e. The van der Waals surface area contributed by atoms with Gasteiger partial charge in [-0.1, -0.05) is 44.2 Å². The van der Waals surface area contributed by atoms with Crippen LogP contribution in [0.25, 0.3) is 0 Å². The number of anilines is 1. The lowest BCUT2D eigenvalue weighted by Crippen LogP contribution is -2.43. The molecule has 1 amide bonds. The Balaban J connectivity index is 0.000000751. The molecule has 0 aromatic heterocycles. The Bertz CT molecular complexity index is 834. The van der Waals surface area contributed by atoms with Crippen molar-refractivity contribution in [3.05, 3.63) is 65.7 Å². The molecule has 10 heteroatoms. The van der Waals surface area contributed by atoms with Crippen molar-refractivity contribution in [1.82, 2.24) is 5.32 Å². The second kappa shape index (κ2) is 12.1. The van der Waals surface area contributed by atoms with E-state index in [4.69, 9.17) is 4.79 Å². The Morgan fingerprint density at radius 1 is 0.938 bits per heavy atom. The minimum atomic E-state index is -4.64. The second-order valence-corrected chi connectivity index (χ2v) is 7.13. The van der Waals surface area contributed by atoms with Crippen LogP contribution in [0.5, 0.6) is 0 Å². The molecule has 0 radical (unpaired) electrons. The maximum Gasteiger partial charge on any atom is 0.446 e. The van der Waals surface area contributed by atoms with Crippen molar-refractivity contribution in [1.29, 1.82) is 0 Å². The summed E-state index contributed by atoms with van der Waals surface area (Å²) in [4.78, 5) is 21.2. The number of carbonyl (C=O) groups is 2. The van der Waals surface area contributed by atoms with E-state index in [2.05, 4.69) is 10.6 Å². The van der Waals surface area contributed by atoms with E-state index < -0.39 is 30.2 Å². The van der Waals surface area contributed by atoms with Gasteiger partial charge >= 0.3 is 12.4 Å². The van der Waals surface area contributed by atoms with Gasteiger partial charge in [0, 0.05) is 12.2 Å². The number of rotatable bonds is 7. The topological polar surface area (TPSA) is 58.2 Å². The largest absolute Gasteiger partial charge is 0.446 e. The van der Waals surface area contributed by atoms with E-state index in [0.29, 0.717) is 12.2 Å². The first kappa shape index (κ1) is 27.0. The first-order valence-electron chi connectivity index (χ1n) is 9.62. The average Bonchev–Trinajstić information content (AvgIpc) is 2.72. The van der Waals surface area contributed by atoms with Crippen LogP contribution in [-0.2, 0) is 22.2 Å². The number of amides is 1. The zero-order valence-corrected chi connectivity index (χ0v) is 17.4. The molecule has 176 valence electrons. The minimum absolute atomic E-state index is 0.0194. The zero-order chi connectivity index (χ0) is 24.4. The van der Waals surface area contributed by atoms with Crippen LogP contribution in [0.3, 0.4) is 0 Å². The summed E-state index contributed by atoms with van der Waals surface area (Å²) in [5, 5.41) is 5.91. The van der Waals surface area contributed by atoms with Crippen molar-refractivity contribution in [3.8, 4) is 0 Å². The lowest BCUT2D eigenvalue weighted by Gasteiger charge is -2.23. The molecule has 1 atom stereocenters. The van der Waals surface area contributed by atoms with E-state index in [1.165, 1.54) is 12.1 Å². The van der Waals surface area contributed by atoms with Gasteiger partial charge in [-0.15, -0.1) is 0 Å². The molecule has 32 heavy (non-hydrogen) atoms. The normalized spacial score (nSPS) is 12.4. The highest BCUT2D eigenvalue weighted by molar-refractivity contribution is 5.84. The molecule has 2 N–H and O–H groups in total. The van der Waals surface area contributed by atoms with E-state index >= 15 is 0 Å². The summed E-state index contributed by atoms with van der Waals surface area (Å²) in [6.45, 7) is 4.28.